The van der Waals surface area contributed by atoms with Crippen molar-refractivity contribution in [1.82, 2.24) is 9.88 Å². The van der Waals surface area contributed by atoms with E-state index in [1.54, 1.807) is 0 Å². The number of ether oxygens (including phenoxy) is 1. The first kappa shape index (κ1) is 17.5. The van der Waals surface area contributed by atoms with Crippen molar-refractivity contribution in [2.75, 3.05) is 13.7 Å². The molecular weight excluding hydrogens is 320 g/mol. The first-order valence-corrected chi connectivity index (χ1v) is 8.50. The maximum Gasteiger partial charge on any atom is 0.328 e. The van der Waals surface area contributed by atoms with Crippen LogP contribution in [0.4, 0.5) is 0 Å². The van der Waals surface area contributed by atoms with E-state index in [0.717, 1.165) is 27.6 Å². The first-order chi connectivity index (χ1) is 11.8. The highest BCUT2D eigenvalue weighted by Gasteiger charge is 2.37. The Morgan fingerprint density at radius 2 is 1.92 bits per heavy atom. The SMILES string of the molecule is COC(=O)[C@H]1C[C@@H](O)CCN1C(=O)c1[nH]c2c(C)ccc(C)c2c1C. The molecule has 1 aromatic carbocycles. The number of aryl methyl sites for hydroxylation is 3. The zero-order chi connectivity index (χ0) is 18.3. The summed E-state index contributed by atoms with van der Waals surface area (Å²) in [6, 6.07) is 3.31. The van der Waals surface area contributed by atoms with Gasteiger partial charge in [0.2, 0.25) is 0 Å². The Balaban J connectivity index is 2.04. The van der Waals surface area contributed by atoms with E-state index < -0.39 is 18.1 Å². The number of H-pyrrole nitrogens is 1. The van der Waals surface area contributed by atoms with Gasteiger partial charge in [-0.1, -0.05) is 12.1 Å². The van der Waals surface area contributed by atoms with E-state index >= 15 is 0 Å². The summed E-state index contributed by atoms with van der Waals surface area (Å²) in [5.41, 5.74) is 4.51. The number of carbonyl (C=O) groups excluding carboxylic acids is 2. The van der Waals surface area contributed by atoms with Gasteiger partial charge in [-0.2, -0.15) is 0 Å². The molecule has 0 spiro atoms. The molecule has 25 heavy (non-hydrogen) atoms. The summed E-state index contributed by atoms with van der Waals surface area (Å²) in [5, 5.41) is 10.9. The monoisotopic (exact) mass is 344 g/mol. The van der Waals surface area contributed by atoms with Gasteiger partial charge in [0.1, 0.15) is 11.7 Å². The smallest absolute Gasteiger partial charge is 0.328 e. The lowest BCUT2D eigenvalue weighted by atomic mass is 9.98. The zero-order valence-corrected chi connectivity index (χ0v) is 15.0. The third-order valence-corrected chi connectivity index (χ3v) is 5.14. The number of hydrogen-bond acceptors (Lipinski definition) is 4. The average molecular weight is 344 g/mol. The first-order valence-electron chi connectivity index (χ1n) is 8.50. The molecule has 1 amide bonds. The molecule has 134 valence electrons. The molecular formula is C19H24N2O4. The summed E-state index contributed by atoms with van der Waals surface area (Å²) >= 11 is 0. The lowest BCUT2D eigenvalue weighted by Gasteiger charge is -2.35. The number of piperidine rings is 1. The number of aliphatic hydroxyl groups is 1. The number of aromatic amines is 1. The molecule has 2 aromatic rings. The van der Waals surface area contributed by atoms with E-state index in [1.165, 1.54) is 12.0 Å². The summed E-state index contributed by atoms with van der Waals surface area (Å²) in [4.78, 5) is 30.0. The van der Waals surface area contributed by atoms with Gasteiger partial charge in [0, 0.05) is 23.9 Å². The molecule has 0 radical (unpaired) electrons. The molecule has 0 saturated carbocycles. The summed E-state index contributed by atoms with van der Waals surface area (Å²) < 4.78 is 4.83. The van der Waals surface area contributed by atoms with Crippen molar-refractivity contribution in [2.45, 2.75) is 45.8 Å². The van der Waals surface area contributed by atoms with Gasteiger partial charge in [-0.3, -0.25) is 4.79 Å². The van der Waals surface area contributed by atoms with Gasteiger partial charge in [0.05, 0.1) is 13.2 Å². The van der Waals surface area contributed by atoms with E-state index in [1.807, 2.05) is 32.9 Å². The van der Waals surface area contributed by atoms with Crippen LogP contribution < -0.4 is 0 Å². The predicted molar refractivity (Wildman–Crippen MR) is 94.6 cm³/mol. The van der Waals surface area contributed by atoms with Crippen molar-refractivity contribution in [2.24, 2.45) is 0 Å². The highest BCUT2D eigenvalue weighted by atomic mass is 16.5. The highest BCUT2D eigenvalue weighted by Crippen LogP contribution is 2.30. The van der Waals surface area contributed by atoms with Gasteiger partial charge >= 0.3 is 5.97 Å². The number of nitrogens with one attached hydrogen (secondary N) is 1. The van der Waals surface area contributed by atoms with Gasteiger partial charge in [0.25, 0.3) is 5.91 Å². The van der Waals surface area contributed by atoms with Crippen molar-refractivity contribution >= 4 is 22.8 Å². The Bertz CT molecular complexity index is 840. The minimum absolute atomic E-state index is 0.204. The van der Waals surface area contributed by atoms with Crippen LogP contribution in [0.25, 0.3) is 10.9 Å². The minimum Gasteiger partial charge on any atom is -0.467 e. The average Bonchev–Trinajstić information content (AvgIpc) is 2.95. The molecule has 1 aliphatic heterocycles. The number of likely N-dealkylation sites (tertiary alicyclic amines) is 1. The van der Waals surface area contributed by atoms with Crippen LogP contribution in [0, 0.1) is 20.8 Å². The fourth-order valence-corrected chi connectivity index (χ4v) is 3.71. The van der Waals surface area contributed by atoms with Crippen molar-refractivity contribution in [1.29, 1.82) is 0 Å². The number of esters is 1. The molecule has 1 saturated heterocycles. The molecule has 2 atom stereocenters. The number of nitrogens with zero attached hydrogens (tertiary/aromatic N) is 1. The number of carbonyl (C=O) groups is 2. The van der Waals surface area contributed by atoms with Crippen molar-refractivity contribution in [3.05, 3.63) is 34.5 Å². The topological polar surface area (TPSA) is 82.6 Å². The number of amides is 1. The Kier molecular flexibility index (Phi) is 4.56. The maximum absolute atomic E-state index is 13.2. The molecule has 0 aliphatic carbocycles. The molecule has 0 unspecified atom stereocenters. The number of rotatable bonds is 2. The van der Waals surface area contributed by atoms with E-state index in [9.17, 15) is 14.7 Å². The lowest BCUT2D eigenvalue weighted by molar-refractivity contribution is -0.148. The summed E-state index contributed by atoms with van der Waals surface area (Å²) in [6.45, 7) is 6.27. The number of methoxy groups -OCH3 is 1. The molecule has 3 rings (SSSR count). The predicted octanol–water partition coefficient (Wildman–Crippen LogP) is 2.23. The maximum atomic E-state index is 13.2. The van der Waals surface area contributed by atoms with Crippen molar-refractivity contribution in [3.63, 3.8) is 0 Å². The van der Waals surface area contributed by atoms with Crippen LogP contribution >= 0.6 is 0 Å². The third kappa shape index (κ3) is 2.91. The fourth-order valence-electron chi connectivity index (χ4n) is 3.71. The Morgan fingerprint density at radius 1 is 1.24 bits per heavy atom. The van der Waals surface area contributed by atoms with Crippen molar-refractivity contribution in [3.8, 4) is 0 Å². The van der Waals surface area contributed by atoms with Crippen LogP contribution in [0.5, 0.6) is 0 Å². The van der Waals surface area contributed by atoms with Crippen LogP contribution in [-0.4, -0.2) is 52.7 Å². The van der Waals surface area contributed by atoms with Gasteiger partial charge < -0.3 is 19.7 Å². The second-order valence-corrected chi connectivity index (χ2v) is 6.79. The normalized spacial score (nSPS) is 20.8. The lowest BCUT2D eigenvalue weighted by Crippen LogP contribution is -2.52. The van der Waals surface area contributed by atoms with Crippen LogP contribution in [0.3, 0.4) is 0 Å². The Hall–Kier alpha value is -2.34. The zero-order valence-electron chi connectivity index (χ0n) is 15.0. The van der Waals surface area contributed by atoms with Crippen LogP contribution in [-0.2, 0) is 9.53 Å². The fraction of sp³-hybridized carbons (Fsp3) is 0.474. The molecule has 0 bridgehead atoms. The molecule has 2 heterocycles. The second kappa shape index (κ2) is 6.52. The van der Waals surface area contributed by atoms with Gasteiger partial charge in [-0.05, 0) is 43.9 Å². The van der Waals surface area contributed by atoms with E-state index in [-0.39, 0.29) is 12.3 Å². The van der Waals surface area contributed by atoms with Crippen LogP contribution in [0.1, 0.15) is 40.0 Å². The Labute approximate surface area is 146 Å². The highest BCUT2D eigenvalue weighted by molar-refractivity contribution is 6.03. The summed E-state index contributed by atoms with van der Waals surface area (Å²) in [6.07, 6.45) is 0.0632. The molecule has 1 aliphatic rings. The third-order valence-electron chi connectivity index (χ3n) is 5.14. The van der Waals surface area contributed by atoms with Gasteiger partial charge in [-0.15, -0.1) is 0 Å². The number of aliphatic hydroxyl groups excluding tert-OH is 1. The number of benzene rings is 1. The summed E-state index contributed by atoms with van der Waals surface area (Å²) in [7, 11) is 1.30. The molecule has 1 aromatic heterocycles. The van der Waals surface area contributed by atoms with Gasteiger partial charge in [0.15, 0.2) is 0 Å². The molecule has 2 N–H and O–H groups in total. The second-order valence-electron chi connectivity index (χ2n) is 6.79. The number of fused-ring (bicyclic) bond motifs is 1. The van der Waals surface area contributed by atoms with E-state index in [4.69, 9.17) is 4.74 Å². The molecule has 6 nitrogen and oxygen atoms in total. The summed E-state index contributed by atoms with van der Waals surface area (Å²) in [5.74, 6) is -0.719. The standard InChI is InChI=1S/C19H24N2O4/c1-10-5-6-11(2)16-15(10)12(3)17(20-16)18(23)21-8-7-13(22)9-14(21)19(24)25-4/h5-6,13-14,20,22H,7-9H2,1-4H3/t13-,14+/m0/s1. The number of aromatic nitrogens is 1. The van der Waals surface area contributed by atoms with Gasteiger partial charge in [-0.25, -0.2) is 4.79 Å². The molecule has 6 heteroatoms. The van der Waals surface area contributed by atoms with Crippen molar-refractivity contribution < 1.29 is 19.4 Å². The minimum atomic E-state index is -0.755. The number of hydrogen-bond donors (Lipinski definition) is 2. The van der Waals surface area contributed by atoms with E-state index in [0.29, 0.717) is 18.7 Å². The Morgan fingerprint density at radius 3 is 2.56 bits per heavy atom. The van der Waals surface area contributed by atoms with E-state index in [2.05, 4.69) is 4.98 Å². The van der Waals surface area contributed by atoms with Crippen LogP contribution in [0.2, 0.25) is 0 Å². The quantitative estimate of drug-likeness (QED) is 0.819. The largest absolute Gasteiger partial charge is 0.467 e. The van der Waals surface area contributed by atoms with Crippen LogP contribution in [0.15, 0.2) is 12.1 Å². The molecule has 1 fully saturated rings.